The van der Waals surface area contributed by atoms with Crippen LogP contribution in [-0.4, -0.2) is 37.1 Å². The van der Waals surface area contributed by atoms with E-state index in [0.717, 1.165) is 0 Å². The minimum atomic E-state index is -0.726. The van der Waals surface area contributed by atoms with E-state index in [1.54, 1.807) is 20.2 Å². The third kappa shape index (κ3) is 2.33. The van der Waals surface area contributed by atoms with Crippen LogP contribution in [0.2, 0.25) is 0 Å². The summed E-state index contributed by atoms with van der Waals surface area (Å²) < 4.78 is 4.80. The van der Waals surface area contributed by atoms with Crippen molar-refractivity contribution in [3.63, 3.8) is 0 Å². The Morgan fingerprint density at radius 3 is 2.48 bits per heavy atom. The van der Waals surface area contributed by atoms with Crippen molar-refractivity contribution in [2.24, 2.45) is 0 Å². The van der Waals surface area contributed by atoms with Gasteiger partial charge >= 0.3 is 0 Å². The highest BCUT2D eigenvalue weighted by Crippen LogP contribution is 2.32. The maximum atomic E-state index is 11.9. The molecule has 0 saturated heterocycles. The lowest BCUT2D eigenvalue weighted by atomic mass is 10.1. The Hall–Kier alpha value is -2.83. The van der Waals surface area contributed by atoms with Gasteiger partial charge in [-0.2, -0.15) is 0 Å². The predicted octanol–water partition coefficient (Wildman–Crippen LogP) is 0.442. The minimum Gasteiger partial charge on any atom is -0.505 e. The van der Waals surface area contributed by atoms with Crippen LogP contribution in [0, 0.1) is 0 Å². The van der Waals surface area contributed by atoms with Crippen molar-refractivity contribution in [3.8, 4) is 11.5 Å². The van der Waals surface area contributed by atoms with Crippen LogP contribution in [0.1, 0.15) is 10.4 Å². The van der Waals surface area contributed by atoms with Crippen molar-refractivity contribution in [3.05, 3.63) is 44.2 Å². The first-order chi connectivity index (χ1) is 9.88. The summed E-state index contributed by atoms with van der Waals surface area (Å²) in [4.78, 5) is 35.9. The Morgan fingerprint density at radius 2 is 1.90 bits per heavy atom. The molecule has 110 valence electrons. The maximum Gasteiger partial charge on any atom is 0.272 e. The molecule has 2 aromatic rings. The number of ether oxygens (including phenoxy) is 1. The van der Waals surface area contributed by atoms with Gasteiger partial charge in [-0.1, -0.05) is 6.07 Å². The van der Waals surface area contributed by atoms with Crippen molar-refractivity contribution in [2.75, 3.05) is 26.5 Å². The molecule has 0 aliphatic rings. The molecule has 0 aliphatic heterocycles. The van der Waals surface area contributed by atoms with Crippen LogP contribution in [0.3, 0.4) is 0 Å². The molecule has 0 unspecified atom stereocenters. The Bertz CT molecular complexity index is 772. The number of nitrogens with zero attached hydrogens (tertiary/aromatic N) is 1. The Labute approximate surface area is 120 Å². The third-order valence-corrected chi connectivity index (χ3v) is 3.00. The van der Waals surface area contributed by atoms with E-state index in [1.807, 2.05) is 0 Å². The van der Waals surface area contributed by atoms with Crippen LogP contribution in [0.25, 0.3) is 0 Å². The number of aromatic hydroxyl groups is 1. The lowest BCUT2D eigenvalue weighted by Crippen LogP contribution is -2.34. The fourth-order valence-corrected chi connectivity index (χ4v) is 1.87. The SMILES string of the molecule is COc1c(Nc2cccc(C(=O)N(C)C)c2O)c(=O)c1=O. The molecule has 2 aromatic carbocycles. The quantitative estimate of drug-likeness (QED) is 0.626. The highest BCUT2D eigenvalue weighted by molar-refractivity contribution is 5.98. The number of amides is 1. The molecule has 2 rings (SSSR count). The van der Waals surface area contributed by atoms with Gasteiger partial charge in [0.05, 0.1) is 18.4 Å². The van der Waals surface area contributed by atoms with E-state index in [4.69, 9.17) is 4.74 Å². The lowest BCUT2D eigenvalue weighted by molar-refractivity contribution is 0.0825. The minimum absolute atomic E-state index is 0.0350. The lowest BCUT2D eigenvalue weighted by Gasteiger charge is -2.16. The zero-order valence-electron chi connectivity index (χ0n) is 11.8. The second-order valence-corrected chi connectivity index (χ2v) is 4.59. The van der Waals surface area contributed by atoms with Crippen LogP contribution in [0.4, 0.5) is 11.4 Å². The zero-order chi connectivity index (χ0) is 15.7. The molecule has 0 aromatic heterocycles. The Balaban J connectivity index is 2.41. The molecular formula is C14H14N2O5. The fourth-order valence-electron chi connectivity index (χ4n) is 1.87. The molecule has 0 atom stereocenters. The number of phenols is 1. The molecule has 0 fully saturated rings. The van der Waals surface area contributed by atoms with E-state index in [9.17, 15) is 19.5 Å². The third-order valence-electron chi connectivity index (χ3n) is 3.00. The molecule has 7 heteroatoms. The van der Waals surface area contributed by atoms with Crippen LogP contribution in [-0.2, 0) is 0 Å². The molecule has 7 nitrogen and oxygen atoms in total. The van der Waals surface area contributed by atoms with E-state index in [1.165, 1.54) is 24.1 Å². The summed E-state index contributed by atoms with van der Waals surface area (Å²) in [6.45, 7) is 0. The van der Waals surface area contributed by atoms with Gasteiger partial charge in [0, 0.05) is 14.1 Å². The van der Waals surface area contributed by atoms with E-state index < -0.39 is 10.9 Å². The van der Waals surface area contributed by atoms with Crippen molar-refractivity contribution in [1.29, 1.82) is 0 Å². The average Bonchev–Trinajstić information content (AvgIpc) is 2.47. The number of para-hydroxylation sites is 1. The van der Waals surface area contributed by atoms with Crippen LogP contribution < -0.4 is 20.9 Å². The molecule has 2 N–H and O–H groups in total. The molecule has 0 radical (unpaired) electrons. The first kappa shape index (κ1) is 14.6. The molecule has 0 bridgehead atoms. The smallest absolute Gasteiger partial charge is 0.272 e. The number of phenolic OH excluding ortho intramolecular Hbond substituents is 1. The van der Waals surface area contributed by atoms with Gasteiger partial charge in [-0.25, -0.2) is 0 Å². The van der Waals surface area contributed by atoms with E-state index >= 15 is 0 Å². The number of hydrogen-bond donors (Lipinski definition) is 2. The van der Waals surface area contributed by atoms with Crippen LogP contribution in [0.15, 0.2) is 27.8 Å². The molecule has 0 aliphatic carbocycles. The largest absolute Gasteiger partial charge is 0.505 e. The number of carbonyl (C=O) groups excluding carboxylic acids is 1. The number of benzene rings is 1. The van der Waals surface area contributed by atoms with E-state index in [2.05, 4.69) is 5.32 Å². The number of carbonyl (C=O) groups is 1. The second-order valence-electron chi connectivity index (χ2n) is 4.59. The number of rotatable bonds is 4. The Kier molecular flexibility index (Phi) is 3.66. The highest BCUT2D eigenvalue weighted by atomic mass is 16.5. The second kappa shape index (κ2) is 5.28. The van der Waals surface area contributed by atoms with Crippen LogP contribution in [0.5, 0.6) is 11.5 Å². The first-order valence-corrected chi connectivity index (χ1v) is 6.06. The predicted molar refractivity (Wildman–Crippen MR) is 77.3 cm³/mol. The molecular weight excluding hydrogens is 276 g/mol. The number of nitrogens with one attached hydrogen (secondary N) is 1. The fraction of sp³-hybridized carbons (Fsp3) is 0.214. The van der Waals surface area contributed by atoms with Crippen molar-refractivity contribution in [2.45, 2.75) is 0 Å². The molecule has 0 saturated carbocycles. The summed E-state index contributed by atoms with van der Waals surface area (Å²) in [5, 5.41) is 12.7. The first-order valence-electron chi connectivity index (χ1n) is 6.06. The van der Waals surface area contributed by atoms with Crippen molar-refractivity contribution >= 4 is 17.3 Å². The molecule has 0 spiro atoms. The van der Waals surface area contributed by atoms with Gasteiger partial charge in [0.15, 0.2) is 11.5 Å². The number of hydrogen-bond acceptors (Lipinski definition) is 6. The van der Waals surface area contributed by atoms with Gasteiger partial charge in [0.1, 0.15) is 5.69 Å². The zero-order valence-corrected chi connectivity index (χ0v) is 11.8. The molecule has 0 heterocycles. The Morgan fingerprint density at radius 1 is 1.24 bits per heavy atom. The molecule has 1 amide bonds. The van der Waals surface area contributed by atoms with E-state index in [-0.39, 0.29) is 34.3 Å². The number of methoxy groups -OCH3 is 1. The van der Waals surface area contributed by atoms with Gasteiger partial charge in [0.25, 0.3) is 16.8 Å². The van der Waals surface area contributed by atoms with Gasteiger partial charge in [-0.05, 0) is 12.1 Å². The summed E-state index contributed by atoms with van der Waals surface area (Å²) in [6, 6.07) is 4.50. The summed E-state index contributed by atoms with van der Waals surface area (Å²) in [5.74, 6) is -0.775. The summed E-state index contributed by atoms with van der Waals surface area (Å²) in [5.41, 5.74) is -1.25. The van der Waals surface area contributed by atoms with E-state index in [0.29, 0.717) is 0 Å². The van der Waals surface area contributed by atoms with Gasteiger partial charge in [-0.15, -0.1) is 0 Å². The standard InChI is InChI=1S/C14H14N2O5/c1-16(2)14(20)7-5-4-6-8(10(7)17)15-9-11(18)12(19)13(9)21-3/h4-6,15,17H,1-3H3. The van der Waals surface area contributed by atoms with Gasteiger partial charge < -0.3 is 20.1 Å². The normalized spacial score (nSPS) is 10.4. The summed E-state index contributed by atoms with van der Waals surface area (Å²) in [7, 11) is 4.39. The number of anilines is 2. The van der Waals surface area contributed by atoms with Crippen molar-refractivity contribution in [1.82, 2.24) is 4.90 Å². The maximum absolute atomic E-state index is 11.9. The molecule has 21 heavy (non-hydrogen) atoms. The van der Waals surface area contributed by atoms with Crippen LogP contribution >= 0.6 is 0 Å². The summed E-state index contributed by atoms with van der Waals surface area (Å²) in [6.07, 6.45) is 0. The topological polar surface area (TPSA) is 95.9 Å². The highest BCUT2D eigenvalue weighted by Gasteiger charge is 2.24. The van der Waals surface area contributed by atoms with Gasteiger partial charge in [0.2, 0.25) is 0 Å². The average molecular weight is 290 g/mol. The van der Waals surface area contributed by atoms with Crippen molar-refractivity contribution < 1.29 is 14.6 Å². The van der Waals surface area contributed by atoms with Gasteiger partial charge in [-0.3, -0.25) is 14.4 Å². The summed E-state index contributed by atoms with van der Waals surface area (Å²) >= 11 is 0. The monoisotopic (exact) mass is 290 g/mol.